The summed E-state index contributed by atoms with van der Waals surface area (Å²) in [5, 5.41) is 2.59. The Morgan fingerprint density at radius 1 is 0.340 bits per heavy atom. The minimum atomic E-state index is -0.0993. The third-order valence-corrected chi connectivity index (χ3v) is 10.8. The summed E-state index contributed by atoms with van der Waals surface area (Å²) in [5.74, 6) is 0. The van der Waals surface area contributed by atoms with E-state index in [1.165, 1.54) is 72.1 Å². The molecule has 0 saturated carbocycles. The molecule has 0 bridgehead atoms. The lowest BCUT2D eigenvalue weighted by atomic mass is 9.81. The van der Waals surface area contributed by atoms with Gasteiger partial charge >= 0.3 is 0 Å². The van der Waals surface area contributed by atoms with Gasteiger partial charge in [0, 0.05) is 27.9 Å². The van der Waals surface area contributed by atoms with E-state index in [-0.39, 0.29) is 10.8 Å². The first-order valence-electron chi connectivity index (χ1n) is 16.7. The molecule has 1 heteroatoms. The zero-order chi connectivity index (χ0) is 31.9. The molecule has 0 unspecified atom stereocenters. The summed E-state index contributed by atoms with van der Waals surface area (Å²) in [6, 6.07) is 56.2. The fourth-order valence-corrected chi connectivity index (χ4v) is 8.26. The maximum absolute atomic E-state index is 2.42. The summed E-state index contributed by atoms with van der Waals surface area (Å²) in [5.41, 5.74) is 16.8. The molecule has 0 heterocycles. The molecule has 0 saturated heterocycles. The Morgan fingerprint density at radius 2 is 0.851 bits per heavy atom. The van der Waals surface area contributed by atoms with Crippen LogP contribution in [0.3, 0.4) is 0 Å². The number of rotatable bonds is 4. The smallest absolute Gasteiger partial charge is 0.0465 e. The first-order valence-corrected chi connectivity index (χ1v) is 16.7. The molecular weight excluding hydrogens is 567 g/mol. The Kier molecular flexibility index (Phi) is 5.96. The molecule has 7 aromatic carbocycles. The maximum Gasteiger partial charge on any atom is 0.0465 e. The number of para-hydroxylation sites is 1. The highest BCUT2D eigenvalue weighted by Crippen LogP contribution is 2.52. The summed E-state index contributed by atoms with van der Waals surface area (Å²) in [6.45, 7) is 9.44. The average molecular weight is 604 g/mol. The minimum Gasteiger partial charge on any atom is -0.310 e. The number of anilines is 3. The highest BCUT2D eigenvalue weighted by molar-refractivity contribution is 5.94. The van der Waals surface area contributed by atoms with E-state index in [9.17, 15) is 0 Å². The average Bonchev–Trinajstić information content (AvgIpc) is 3.47. The Bertz CT molecular complexity index is 2340. The van der Waals surface area contributed by atoms with Crippen LogP contribution in [0.2, 0.25) is 0 Å². The number of hydrogen-bond donors (Lipinski definition) is 0. The van der Waals surface area contributed by atoms with Crippen LogP contribution >= 0.6 is 0 Å². The van der Waals surface area contributed by atoms with Gasteiger partial charge in [-0.25, -0.2) is 0 Å². The van der Waals surface area contributed by atoms with Crippen LogP contribution < -0.4 is 4.90 Å². The van der Waals surface area contributed by atoms with Crippen LogP contribution in [0.1, 0.15) is 49.9 Å². The highest BCUT2D eigenvalue weighted by atomic mass is 15.1. The Hall–Kier alpha value is -5.40. The molecule has 0 spiro atoms. The molecule has 0 atom stereocenters. The largest absolute Gasteiger partial charge is 0.310 e. The van der Waals surface area contributed by atoms with Crippen LogP contribution in [0.5, 0.6) is 0 Å². The molecule has 9 rings (SSSR count). The van der Waals surface area contributed by atoms with Crippen molar-refractivity contribution in [3.8, 4) is 33.4 Å². The third-order valence-electron chi connectivity index (χ3n) is 10.8. The topological polar surface area (TPSA) is 3.24 Å². The maximum atomic E-state index is 2.42. The van der Waals surface area contributed by atoms with E-state index in [1.807, 2.05) is 0 Å². The summed E-state index contributed by atoms with van der Waals surface area (Å²) < 4.78 is 0. The van der Waals surface area contributed by atoms with Gasteiger partial charge in [-0.3, -0.25) is 0 Å². The third kappa shape index (κ3) is 4.16. The van der Waals surface area contributed by atoms with Crippen LogP contribution in [0.15, 0.2) is 152 Å². The molecule has 1 nitrogen and oxygen atoms in total. The fraction of sp³-hybridized carbons (Fsp3) is 0.130. The predicted molar refractivity (Wildman–Crippen MR) is 199 cm³/mol. The van der Waals surface area contributed by atoms with Gasteiger partial charge in [0.05, 0.1) is 0 Å². The van der Waals surface area contributed by atoms with Gasteiger partial charge in [0.25, 0.3) is 0 Å². The first kappa shape index (κ1) is 27.9. The van der Waals surface area contributed by atoms with E-state index in [0.29, 0.717) is 0 Å². The normalized spacial score (nSPS) is 14.7. The number of fused-ring (bicyclic) bond motifs is 7. The standard InChI is InChI=1S/C46H37N/c1-45(2)41-17-11-10-16-37(41)38-24-20-33(28-42(38)45)30-18-21-35(22-19-30)47(34-14-6-5-7-15-34)36-23-25-39-40-26-31-12-8-9-13-32(31)27-43(40)46(3,4)44(39)29-36/h5-29H,1-4H3. The van der Waals surface area contributed by atoms with Gasteiger partial charge in [0.1, 0.15) is 0 Å². The van der Waals surface area contributed by atoms with Crippen molar-refractivity contribution >= 4 is 27.8 Å². The summed E-state index contributed by atoms with van der Waals surface area (Å²) >= 11 is 0. The van der Waals surface area contributed by atoms with Gasteiger partial charge in [-0.1, -0.05) is 125 Å². The van der Waals surface area contributed by atoms with E-state index < -0.39 is 0 Å². The van der Waals surface area contributed by atoms with Crippen LogP contribution in [-0.4, -0.2) is 0 Å². The van der Waals surface area contributed by atoms with Crippen LogP contribution in [0.25, 0.3) is 44.2 Å². The molecule has 2 aliphatic rings. The number of benzene rings is 7. The van der Waals surface area contributed by atoms with E-state index in [2.05, 4.69) is 184 Å². The Labute approximate surface area is 277 Å². The van der Waals surface area contributed by atoms with Crippen molar-refractivity contribution in [1.82, 2.24) is 0 Å². The van der Waals surface area contributed by atoms with Gasteiger partial charge in [0.15, 0.2) is 0 Å². The van der Waals surface area contributed by atoms with Crippen molar-refractivity contribution in [2.24, 2.45) is 0 Å². The summed E-state index contributed by atoms with van der Waals surface area (Å²) in [4.78, 5) is 2.39. The molecular formula is C46H37N. The second-order valence-corrected chi connectivity index (χ2v) is 14.2. The van der Waals surface area contributed by atoms with Gasteiger partial charge in [-0.2, -0.15) is 0 Å². The first-order chi connectivity index (χ1) is 22.8. The lowest BCUT2D eigenvalue weighted by Gasteiger charge is -2.28. The molecule has 0 aliphatic heterocycles. The van der Waals surface area contributed by atoms with Crippen molar-refractivity contribution < 1.29 is 0 Å². The SMILES string of the molecule is CC1(C)c2ccccc2-c2ccc(-c3ccc(N(c4ccccc4)c4ccc5c(c4)C(C)(C)c4cc6ccccc6cc4-5)cc3)cc21. The predicted octanol–water partition coefficient (Wildman–Crippen LogP) is 12.6. The molecule has 0 radical (unpaired) electrons. The van der Waals surface area contributed by atoms with Crippen molar-refractivity contribution in [2.75, 3.05) is 4.90 Å². The quantitative estimate of drug-likeness (QED) is 0.193. The molecule has 0 fully saturated rings. The Morgan fingerprint density at radius 3 is 1.64 bits per heavy atom. The number of hydrogen-bond acceptors (Lipinski definition) is 1. The number of nitrogens with zero attached hydrogens (tertiary/aromatic N) is 1. The van der Waals surface area contributed by atoms with Crippen molar-refractivity contribution in [1.29, 1.82) is 0 Å². The van der Waals surface area contributed by atoms with E-state index in [1.54, 1.807) is 0 Å². The molecule has 0 N–H and O–H groups in total. The molecule has 226 valence electrons. The molecule has 0 aromatic heterocycles. The fourth-order valence-electron chi connectivity index (χ4n) is 8.26. The Balaban J connectivity index is 1.11. The van der Waals surface area contributed by atoms with Gasteiger partial charge in [0.2, 0.25) is 0 Å². The van der Waals surface area contributed by atoms with E-state index >= 15 is 0 Å². The van der Waals surface area contributed by atoms with Crippen molar-refractivity contribution in [3.63, 3.8) is 0 Å². The van der Waals surface area contributed by atoms with E-state index in [4.69, 9.17) is 0 Å². The highest BCUT2D eigenvalue weighted by Gasteiger charge is 2.37. The molecule has 2 aliphatic carbocycles. The monoisotopic (exact) mass is 603 g/mol. The molecule has 0 amide bonds. The van der Waals surface area contributed by atoms with Gasteiger partial charge < -0.3 is 4.90 Å². The van der Waals surface area contributed by atoms with Crippen LogP contribution in [-0.2, 0) is 10.8 Å². The van der Waals surface area contributed by atoms with Crippen molar-refractivity contribution in [3.05, 3.63) is 174 Å². The van der Waals surface area contributed by atoms with Crippen LogP contribution in [0.4, 0.5) is 17.1 Å². The summed E-state index contributed by atoms with van der Waals surface area (Å²) in [7, 11) is 0. The minimum absolute atomic E-state index is 0.0142. The van der Waals surface area contributed by atoms with Crippen LogP contribution in [0, 0.1) is 0 Å². The summed E-state index contributed by atoms with van der Waals surface area (Å²) in [6.07, 6.45) is 0. The lowest BCUT2D eigenvalue weighted by Crippen LogP contribution is -2.16. The molecule has 47 heavy (non-hydrogen) atoms. The molecule has 7 aromatic rings. The second kappa shape index (κ2) is 10.0. The van der Waals surface area contributed by atoms with Gasteiger partial charge in [-0.15, -0.1) is 0 Å². The zero-order valence-corrected chi connectivity index (χ0v) is 27.4. The van der Waals surface area contributed by atoms with Crippen molar-refractivity contribution in [2.45, 2.75) is 38.5 Å². The van der Waals surface area contributed by atoms with E-state index in [0.717, 1.165) is 11.4 Å². The second-order valence-electron chi connectivity index (χ2n) is 14.2. The van der Waals surface area contributed by atoms with Gasteiger partial charge in [-0.05, 0) is 121 Å². The zero-order valence-electron chi connectivity index (χ0n) is 27.4. The lowest BCUT2D eigenvalue weighted by molar-refractivity contribution is 0.660.